The van der Waals surface area contributed by atoms with E-state index >= 15 is 0 Å². The number of rotatable bonds is 4. The Morgan fingerprint density at radius 1 is 1.50 bits per heavy atom. The van der Waals surface area contributed by atoms with Crippen LogP contribution in [0.2, 0.25) is 0 Å². The van der Waals surface area contributed by atoms with Crippen LogP contribution in [0.5, 0.6) is 5.75 Å². The minimum atomic E-state index is -0.411. The molecule has 0 radical (unpaired) electrons. The molecule has 1 fully saturated rings. The molecule has 2 rings (SSSR count). The number of nitrogens with two attached hydrogens (primary N) is 1. The molecule has 0 aromatic heterocycles. The third-order valence-corrected chi connectivity index (χ3v) is 3.17. The quantitative estimate of drug-likeness (QED) is 0.844. The second-order valence-corrected chi connectivity index (χ2v) is 4.39. The van der Waals surface area contributed by atoms with Gasteiger partial charge in [-0.05, 0) is 6.07 Å². The van der Waals surface area contributed by atoms with Gasteiger partial charge in [-0.3, -0.25) is 9.59 Å². The summed E-state index contributed by atoms with van der Waals surface area (Å²) in [7, 11) is 1.59. The lowest BCUT2D eigenvalue weighted by Gasteiger charge is -2.17. The van der Waals surface area contributed by atoms with Gasteiger partial charge < -0.3 is 15.4 Å². The van der Waals surface area contributed by atoms with Gasteiger partial charge in [0.15, 0.2) is 0 Å². The lowest BCUT2D eigenvalue weighted by Crippen LogP contribution is -2.28. The number of methoxy groups -OCH3 is 1. The van der Waals surface area contributed by atoms with Crippen LogP contribution in [0.4, 0.5) is 0 Å². The Hall–Kier alpha value is -2.04. The zero-order valence-electron chi connectivity index (χ0n) is 10.3. The molecule has 2 amide bonds. The van der Waals surface area contributed by atoms with E-state index in [0.29, 0.717) is 13.1 Å². The van der Waals surface area contributed by atoms with Gasteiger partial charge in [-0.15, -0.1) is 0 Å². The lowest BCUT2D eigenvalue weighted by atomic mass is 10.1. The van der Waals surface area contributed by atoms with Gasteiger partial charge in [0.1, 0.15) is 5.75 Å². The first-order chi connectivity index (χ1) is 8.61. The second kappa shape index (κ2) is 5.08. The molecule has 1 saturated heterocycles. The Morgan fingerprint density at radius 3 is 2.83 bits per heavy atom. The van der Waals surface area contributed by atoms with Gasteiger partial charge >= 0.3 is 0 Å². The number of benzene rings is 1. The lowest BCUT2D eigenvalue weighted by molar-refractivity contribution is -0.128. The Bertz CT molecular complexity index is 473. The number of para-hydroxylation sites is 1. The van der Waals surface area contributed by atoms with E-state index in [0.717, 1.165) is 11.3 Å². The smallest absolute Gasteiger partial charge is 0.223 e. The average molecular weight is 248 g/mol. The molecule has 1 aromatic rings. The van der Waals surface area contributed by atoms with E-state index < -0.39 is 5.91 Å². The number of primary amides is 1. The molecule has 1 heterocycles. The molecule has 1 aromatic carbocycles. The van der Waals surface area contributed by atoms with Gasteiger partial charge in [-0.1, -0.05) is 18.2 Å². The molecular formula is C13H16N2O3. The maximum absolute atomic E-state index is 11.8. The molecule has 96 valence electrons. The number of carbonyl (C=O) groups is 2. The van der Waals surface area contributed by atoms with Crippen molar-refractivity contribution in [1.29, 1.82) is 0 Å². The van der Waals surface area contributed by atoms with Crippen LogP contribution in [0.3, 0.4) is 0 Å². The van der Waals surface area contributed by atoms with E-state index in [9.17, 15) is 9.59 Å². The fraction of sp³-hybridized carbons (Fsp3) is 0.385. The summed E-state index contributed by atoms with van der Waals surface area (Å²) in [4.78, 5) is 24.5. The molecular weight excluding hydrogens is 232 g/mol. The number of carbonyl (C=O) groups excluding carboxylic acids is 2. The SMILES string of the molecule is COc1ccccc1CN1CC(C(N)=O)CC1=O. The van der Waals surface area contributed by atoms with Gasteiger partial charge in [0, 0.05) is 25.1 Å². The third kappa shape index (κ3) is 2.45. The maximum atomic E-state index is 11.8. The van der Waals surface area contributed by atoms with Crippen molar-refractivity contribution in [3.63, 3.8) is 0 Å². The van der Waals surface area contributed by atoms with Gasteiger partial charge in [0.25, 0.3) is 0 Å². The summed E-state index contributed by atoms with van der Waals surface area (Å²) in [5.41, 5.74) is 6.16. The molecule has 0 spiro atoms. The molecule has 0 saturated carbocycles. The van der Waals surface area contributed by atoms with E-state index in [1.807, 2.05) is 24.3 Å². The highest BCUT2D eigenvalue weighted by Gasteiger charge is 2.33. The normalized spacial score (nSPS) is 19.1. The van der Waals surface area contributed by atoms with Crippen LogP contribution in [-0.4, -0.2) is 30.4 Å². The zero-order valence-corrected chi connectivity index (χ0v) is 10.3. The fourth-order valence-electron chi connectivity index (χ4n) is 2.15. The number of ether oxygens (including phenoxy) is 1. The van der Waals surface area contributed by atoms with E-state index in [1.54, 1.807) is 12.0 Å². The van der Waals surface area contributed by atoms with Gasteiger partial charge in [0.2, 0.25) is 11.8 Å². The number of likely N-dealkylation sites (tertiary alicyclic amines) is 1. The van der Waals surface area contributed by atoms with Crippen LogP contribution >= 0.6 is 0 Å². The molecule has 0 bridgehead atoms. The summed E-state index contributed by atoms with van der Waals surface area (Å²) in [5.74, 6) is -0.0735. The highest BCUT2D eigenvalue weighted by Crippen LogP contribution is 2.24. The molecule has 18 heavy (non-hydrogen) atoms. The molecule has 1 aliphatic heterocycles. The van der Waals surface area contributed by atoms with E-state index in [1.165, 1.54) is 0 Å². The highest BCUT2D eigenvalue weighted by atomic mass is 16.5. The van der Waals surface area contributed by atoms with Gasteiger partial charge in [-0.25, -0.2) is 0 Å². The Balaban J connectivity index is 2.10. The van der Waals surface area contributed by atoms with Crippen molar-refractivity contribution >= 4 is 11.8 Å². The van der Waals surface area contributed by atoms with Crippen LogP contribution in [-0.2, 0) is 16.1 Å². The standard InChI is InChI=1S/C13H16N2O3/c1-18-11-5-3-2-4-9(11)7-15-8-10(13(14)17)6-12(15)16/h2-5,10H,6-8H2,1H3,(H2,14,17). The van der Waals surface area contributed by atoms with Crippen LogP contribution < -0.4 is 10.5 Å². The van der Waals surface area contributed by atoms with Gasteiger partial charge in [-0.2, -0.15) is 0 Å². The molecule has 0 aliphatic carbocycles. The first kappa shape index (κ1) is 12.4. The molecule has 1 aliphatic rings. The minimum Gasteiger partial charge on any atom is -0.496 e. The zero-order chi connectivity index (χ0) is 13.1. The monoisotopic (exact) mass is 248 g/mol. The molecule has 5 heteroatoms. The van der Waals surface area contributed by atoms with E-state index in [4.69, 9.17) is 10.5 Å². The summed E-state index contributed by atoms with van der Waals surface area (Å²) < 4.78 is 5.24. The highest BCUT2D eigenvalue weighted by molar-refractivity contribution is 5.88. The van der Waals surface area contributed by atoms with E-state index in [-0.39, 0.29) is 18.2 Å². The minimum absolute atomic E-state index is 0.0373. The Labute approximate surface area is 106 Å². The van der Waals surface area contributed by atoms with E-state index in [2.05, 4.69) is 0 Å². The number of nitrogens with zero attached hydrogens (tertiary/aromatic N) is 1. The summed E-state index contributed by atoms with van der Waals surface area (Å²) in [5, 5.41) is 0. The molecule has 1 atom stereocenters. The number of hydrogen-bond donors (Lipinski definition) is 1. The molecule has 1 unspecified atom stereocenters. The molecule has 2 N–H and O–H groups in total. The van der Waals surface area contributed by atoms with Crippen LogP contribution in [0.1, 0.15) is 12.0 Å². The van der Waals surface area contributed by atoms with Crippen molar-refractivity contribution in [2.75, 3.05) is 13.7 Å². The van der Waals surface area contributed by atoms with Crippen molar-refractivity contribution in [2.24, 2.45) is 11.7 Å². The van der Waals surface area contributed by atoms with Crippen molar-refractivity contribution < 1.29 is 14.3 Å². The van der Waals surface area contributed by atoms with Crippen molar-refractivity contribution in [1.82, 2.24) is 4.90 Å². The summed E-state index contributed by atoms with van der Waals surface area (Å²) in [6, 6.07) is 7.52. The Morgan fingerprint density at radius 2 is 2.22 bits per heavy atom. The number of hydrogen-bond acceptors (Lipinski definition) is 3. The number of amides is 2. The fourth-order valence-corrected chi connectivity index (χ4v) is 2.15. The first-order valence-corrected chi connectivity index (χ1v) is 5.80. The largest absolute Gasteiger partial charge is 0.496 e. The van der Waals surface area contributed by atoms with Crippen molar-refractivity contribution in [3.05, 3.63) is 29.8 Å². The maximum Gasteiger partial charge on any atom is 0.223 e. The van der Waals surface area contributed by atoms with Crippen molar-refractivity contribution in [3.8, 4) is 5.75 Å². The van der Waals surface area contributed by atoms with Crippen LogP contribution in [0, 0.1) is 5.92 Å². The van der Waals surface area contributed by atoms with Crippen LogP contribution in [0.15, 0.2) is 24.3 Å². The van der Waals surface area contributed by atoms with Crippen LogP contribution in [0.25, 0.3) is 0 Å². The van der Waals surface area contributed by atoms with Gasteiger partial charge in [0.05, 0.1) is 13.0 Å². The first-order valence-electron chi connectivity index (χ1n) is 5.80. The predicted octanol–water partition coefficient (Wildman–Crippen LogP) is 0.529. The Kier molecular flexibility index (Phi) is 3.50. The summed E-state index contributed by atoms with van der Waals surface area (Å²) in [6.45, 7) is 0.846. The summed E-state index contributed by atoms with van der Waals surface area (Å²) >= 11 is 0. The summed E-state index contributed by atoms with van der Waals surface area (Å²) in [6.07, 6.45) is 0.213. The van der Waals surface area contributed by atoms with Crippen molar-refractivity contribution in [2.45, 2.75) is 13.0 Å². The topological polar surface area (TPSA) is 72.6 Å². The average Bonchev–Trinajstić information content (AvgIpc) is 2.72. The third-order valence-electron chi connectivity index (χ3n) is 3.17. The second-order valence-electron chi connectivity index (χ2n) is 4.39. The predicted molar refractivity (Wildman–Crippen MR) is 65.7 cm³/mol. The molecule has 5 nitrogen and oxygen atoms in total.